The van der Waals surface area contributed by atoms with Crippen molar-refractivity contribution in [3.8, 4) is 0 Å². The summed E-state index contributed by atoms with van der Waals surface area (Å²) in [7, 11) is 0. The highest BCUT2D eigenvalue weighted by Gasteiger charge is 2.28. The maximum absolute atomic E-state index is 12.0. The maximum Gasteiger partial charge on any atom is 0.270 e. The van der Waals surface area contributed by atoms with Gasteiger partial charge in [0.1, 0.15) is 0 Å². The van der Waals surface area contributed by atoms with Crippen LogP contribution in [0, 0.1) is 10.1 Å². The first-order valence-electron chi connectivity index (χ1n) is 7.46. The molecule has 2 aromatic rings. The van der Waals surface area contributed by atoms with Gasteiger partial charge in [-0.15, -0.1) is 5.10 Å². The van der Waals surface area contributed by atoms with E-state index >= 15 is 0 Å². The van der Waals surface area contributed by atoms with Crippen molar-refractivity contribution in [1.82, 2.24) is 4.90 Å². The van der Waals surface area contributed by atoms with Crippen LogP contribution in [0.1, 0.15) is 11.1 Å². The van der Waals surface area contributed by atoms with Crippen LogP contribution >= 0.6 is 11.8 Å². The van der Waals surface area contributed by atoms with E-state index in [1.54, 1.807) is 17.0 Å². The minimum atomic E-state index is -0.462. The molecule has 2 aromatic carbocycles. The summed E-state index contributed by atoms with van der Waals surface area (Å²) in [5, 5.41) is 19.4. The van der Waals surface area contributed by atoms with Gasteiger partial charge in [-0.25, -0.2) is 0 Å². The van der Waals surface area contributed by atoms with Crippen LogP contribution in [0.25, 0.3) is 0 Å². The highest BCUT2D eigenvalue weighted by atomic mass is 32.2. The van der Waals surface area contributed by atoms with Gasteiger partial charge in [0.25, 0.3) is 5.69 Å². The zero-order valence-corrected chi connectivity index (χ0v) is 13.9. The molecule has 1 saturated heterocycles. The quantitative estimate of drug-likeness (QED) is 0.469. The highest BCUT2D eigenvalue weighted by Crippen LogP contribution is 2.22. The van der Waals surface area contributed by atoms with Gasteiger partial charge in [0, 0.05) is 17.7 Å². The van der Waals surface area contributed by atoms with Crippen LogP contribution in [-0.2, 0) is 11.3 Å². The fourth-order valence-corrected chi connectivity index (χ4v) is 3.09. The predicted molar refractivity (Wildman–Crippen MR) is 97.6 cm³/mol. The Morgan fingerprint density at radius 1 is 1.20 bits per heavy atom. The molecule has 0 aromatic heterocycles. The lowest BCUT2D eigenvalue weighted by atomic mass is 10.2. The van der Waals surface area contributed by atoms with E-state index in [4.69, 9.17) is 0 Å². The Morgan fingerprint density at radius 2 is 2.00 bits per heavy atom. The first-order valence-corrected chi connectivity index (χ1v) is 8.44. The summed E-state index contributed by atoms with van der Waals surface area (Å²) in [6.07, 6.45) is 1.43. The molecule has 126 valence electrons. The van der Waals surface area contributed by atoms with Crippen LogP contribution < -0.4 is 0 Å². The van der Waals surface area contributed by atoms with Gasteiger partial charge < -0.3 is 0 Å². The van der Waals surface area contributed by atoms with E-state index in [0.717, 1.165) is 5.56 Å². The third-order valence-electron chi connectivity index (χ3n) is 3.47. The van der Waals surface area contributed by atoms with Gasteiger partial charge in [-0.3, -0.25) is 19.8 Å². The van der Waals surface area contributed by atoms with E-state index in [9.17, 15) is 14.9 Å². The number of thioether (sulfide) groups is 1. The number of amides is 1. The molecule has 7 nitrogen and oxygen atoms in total. The third kappa shape index (κ3) is 4.30. The standard InChI is InChI=1S/C17H14N4O3S/c22-16-12-25-17(20(16)11-13-5-2-1-3-6-13)19-18-10-14-7-4-8-15(9-14)21(23)24/h1-10H,11-12H2. The number of carbonyl (C=O) groups excluding carboxylic acids is 1. The minimum absolute atomic E-state index is 0.00673. The van der Waals surface area contributed by atoms with Crippen LogP contribution in [0.4, 0.5) is 5.69 Å². The number of nitrogens with zero attached hydrogens (tertiary/aromatic N) is 4. The second kappa shape index (κ2) is 7.71. The number of nitro benzene ring substituents is 1. The van der Waals surface area contributed by atoms with Crippen LogP contribution in [0.15, 0.2) is 64.8 Å². The zero-order valence-electron chi connectivity index (χ0n) is 13.1. The minimum Gasteiger partial charge on any atom is -0.285 e. The summed E-state index contributed by atoms with van der Waals surface area (Å²) in [6.45, 7) is 0.442. The average Bonchev–Trinajstić information content (AvgIpc) is 2.96. The number of hydrogen-bond acceptors (Lipinski definition) is 6. The molecule has 0 spiro atoms. The Kier molecular flexibility index (Phi) is 5.20. The van der Waals surface area contributed by atoms with Crippen molar-refractivity contribution in [3.63, 3.8) is 0 Å². The lowest BCUT2D eigenvalue weighted by Crippen LogP contribution is -2.28. The molecular weight excluding hydrogens is 340 g/mol. The largest absolute Gasteiger partial charge is 0.285 e. The van der Waals surface area contributed by atoms with Gasteiger partial charge in [-0.05, 0) is 5.56 Å². The van der Waals surface area contributed by atoms with Crippen LogP contribution in [-0.4, -0.2) is 32.9 Å². The van der Waals surface area contributed by atoms with E-state index < -0.39 is 4.92 Å². The normalized spacial score (nSPS) is 16.1. The molecule has 0 aliphatic carbocycles. The second-order valence-corrected chi connectivity index (χ2v) is 6.18. The fraction of sp³-hybridized carbons (Fsp3) is 0.118. The van der Waals surface area contributed by atoms with E-state index in [1.807, 2.05) is 30.3 Å². The zero-order chi connectivity index (χ0) is 17.6. The molecule has 1 heterocycles. The summed E-state index contributed by atoms with van der Waals surface area (Å²) in [5.41, 5.74) is 1.57. The van der Waals surface area contributed by atoms with Gasteiger partial charge >= 0.3 is 0 Å². The van der Waals surface area contributed by atoms with Crippen molar-refractivity contribution in [2.45, 2.75) is 6.54 Å². The Morgan fingerprint density at radius 3 is 2.76 bits per heavy atom. The average molecular weight is 354 g/mol. The maximum atomic E-state index is 12.0. The summed E-state index contributed by atoms with van der Waals surface area (Å²) < 4.78 is 0. The molecule has 0 unspecified atom stereocenters. The Hall–Kier alpha value is -3.00. The third-order valence-corrected chi connectivity index (χ3v) is 4.42. The first kappa shape index (κ1) is 16.8. The van der Waals surface area contributed by atoms with E-state index in [2.05, 4.69) is 10.2 Å². The van der Waals surface area contributed by atoms with Crippen molar-refractivity contribution < 1.29 is 9.72 Å². The number of amidine groups is 1. The molecule has 1 amide bonds. The monoisotopic (exact) mass is 354 g/mol. The van der Waals surface area contributed by atoms with Gasteiger partial charge in [-0.2, -0.15) is 5.10 Å². The number of rotatable bonds is 5. The SMILES string of the molecule is O=C1CSC(=NN=Cc2cccc([N+](=O)[O-])c2)N1Cc1ccccc1. The molecule has 0 bridgehead atoms. The van der Waals surface area contributed by atoms with Gasteiger partial charge in [0.2, 0.25) is 5.91 Å². The lowest BCUT2D eigenvalue weighted by Gasteiger charge is -2.14. The number of hydrogen-bond donors (Lipinski definition) is 0. The molecule has 1 fully saturated rings. The van der Waals surface area contributed by atoms with Crippen molar-refractivity contribution in [3.05, 3.63) is 75.8 Å². The summed E-state index contributed by atoms with van der Waals surface area (Å²) in [4.78, 5) is 23.9. The van der Waals surface area contributed by atoms with Gasteiger partial charge in [0.05, 0.1) is 23.4 Å². The van der Waals surface area contributed by atoms with E-state index in [0.29, 0.717) is 23.0 Å². The van der Waals surface area contributed by atoms with Gasteiger partial charge in [-0.1, -0.05) is 54.2 Å². The van der Waals surface area contributed by atoms with E-state index in [1.165, 1.54) is 30.1 Å². The van der Waals surface area contributed by atoms with Crippen LogP contribution in [0.3, 0.4) is 0 Å². The second-order valence-electron chi connectivity index (χ2n) is 5.23. The smallest absolute Gasteiger partial charge is 0.270 e. The molecule has 3 rings (SSSR count). The van der Waals surface area contributed by atoms with Gasteiger partial charge in [0.15, 0.2) is 5.17 Å². The van der Waals surface area contributed by atoms with Crippen LogP contribution in [0.2, 0.25) is 0 Å². The molecule has 0 saturated carbocycles. The number of nitro groups is 1. The lowest BCUT2D eigenvalue weighted by molar-refractivity contribution is -0.384. The number of benzene rings is 2. The molecular formula is C17H14N4O3S. The number of non-ortho nitro benzene ring substituents is 1. The van der Waals surface area contributed by atoms with Crippen molar-refractivity contribution in [1.29, 1.82) is 0 Å². The molecule has 25 heavy (non-hydrogen) atoms. The van der Waals surface area contributed by atoms with Crippen molar-refractivity contribution in [2.75, 3.05) is 5.75 Å². The Bertz CT molecular complexity index is 852. The molecule has 8 heteroatoms. The Balaban J connectivity index is 1.74. The van der Waals surface area contributed by atoms with Crippen LogP contribution in [0.5, 0.6) is 0 Å². The molecule has 0 radical (unpaired) electrons. The highest BCUT2D eigenvalue weighted by molar-refractivity contribution is 8.15. The first-order chi connectivity index (χ1) is 12.1. The molecule has 0 N–H and O–H groups in total. The van der Waals surface area contributed by atoms with Crippen molar-refractivity contribution >= 4 is 34.7 Å². The predicted octanol–water partition coefficient (Wildman–Crippen LogP) is 3.06. The molecule has 1 aliphatic heterocycles. The summed E-state index contributed by atoms with van der Waals surface area (Å²) in [6, 6.07) is 15.8. The number of carbonyl (C=O) groups is 1. The van der Waals surface area contributed by atoms with E-state index in [-0.39, 0.29) is 11.6 Å². The summed E-state index contributed by atoms with van der Waals surface area (Å²) in [5.74, 6) is 0.316. The van der Waals surface area contributed by atoms with Crippen molar-refractivity contribution in [2.24, 2.45) is 10.2 Å². The molecule has 1 aliphatic rings. The topological polar surface area (TPSA) is 88.2 Å². The Labute approximate surface area is 148 Å². The molecule has 0 atom stereocenters. The fourth-order valence-electron chi connectivity index (χ4n) is 2.26. The summed E-state index contributed by atoms with van der Waals surface area (Å²) >= 11 is 1.33.